The number of carbonyl (C=O) groups excluding carboxylic acids is 1. The number of aromatic nitrogens is 5. The summed E-state index contributed by atoms with van der Waals surface area (Å²) in [6.45, 7) is 0.679. The maximum atomic E-state index is 15.2. The van der Waals surface area contributed by atoms with Crippen molar-refractivity contribution in [3.05, 3.63) is 35.6 Å². The second kappa shape index (κ2) is 7.13. The Morgan fingerprint density at radius 1 is 1.31 bits per heavy atom. The second-order valence-corrected chi connectivity index (χ2v) is 8.75. The van der Waals surface area contributed by atoms with Gasteiger partial charge in [-0.2, -0.15) is 5.10 Å². The zero-order valence-corrected chi connectivity index (χ0v) is 17.5. The third-order valence-corrected chi connectivity index (χ3v) is 6.31. The number of fused-ring (bicyclic) bond motifs is 2. The van der Waals surface area contributed by atoms with Gasteiger partial charge in [0, 0.05) is 23.7 Å². The van der Waals surface area contributed by atoms with Crippen molar-refractivity contribution in [2.24, 2.45) is 11.8 Å². The molecule has 2 aliphatic rings. The van der Waals surface area contributed by atoms with E-state index in [1.165, 1.54) is 6.20 Å². The molecule has 0 aliphatic heterocycles. The van der Waals surface area contributed by atoms with Crippen molar-refractivity contribution in [1.82, 2.24) is 24.6 Å². The highest BCUT2D eigenvalue weighted by Crippen LogP contribution is 2.41. The van der Waals surface area contributed by atoms with Crippen molar-refractivity contribution in [2.75, 3.05) is 17.2 Å². The fraction of sp³-hybridized carbons (Fsp3) is 0.333. The first-order chi connectivity index (χ1) is 15.5. The van der Waals surface area contributed by atoms with E-state index in [-0.39, 0.29) is 11.4 Å². The van der Waals surface area contributed by atoms with Gasteiger partial charge in [0.05, 0.1) is 46.4 Å². The normalized spacial score (nSPS) is 20.1. The molecule has 4 aromatic rings. The van der Waals surface area contributed by atoms with Crippen LogP contribution >= 0.6 is 11.6 Å². The molecule has 164 valence electrons. The summed E-state index contributed by atoms with van der Waals surface area (Å²) in [5, 5.41) is 13.3. The molecule has 2 aliphatic carbocycles. The molecule has 0 unspecified atom stereocenters. The summed E-state index contributed by atoms with van der Waals surface area (Å²) < 4.78 is 30.0. The number of amides is 1. The van der Waals surface area contributed by atoms with Crippen LogP contribution in [0.25, 0.3) is 27.8 Å². The average molecular weight is 458 g/mol. The maximum Gasteiger partial charge on any atom is 0.231 e. The Labute approximate surface area is 185 Å². The van der Waals surface area contributed by atoms with E-state index >= 15 is 4.39 Å². The number of rotatable bonds is 6. The van der Waals surface area contributed by atoms with E-state index in [1.54, 1.807) is 23.0 Å². The van der Waals surface area contributed by atoms with E-state index in [9.17, 15) is 9.18 Å². The predicted molar refractivity (Wildman–Crippen MR) is 116 cm³/mol. The number of aromatic amines is 1. The first kappa shape index (κ1) is 19.4. The molecule has 1 aromatic carbocycles. The molecule has 0 saturated heterocycles. The SMILES string of the molecule is O=C(Nc1cn2cc(-c3c(Cl)c(F)c(NCC4CC4)c4[nH]ncc34)ncc2n1)[C@@H]1C[C@@H]1F. The molecule has 1 amide bonds. The zero-order valence-electron chi connectivity index (χ0n) is 16.7. The van der Waals surface area contributed by atoms with Crippen molar-refractivity contribution in [3.63, 3.8) is 0 Å². The van der Waals surface area contributed by atoms with Gasteiger partial charge in [0.15, 0.2) is 17.3 Å². The Morgan fingerprint density at radius 3 is 2.88 bits per heavy atom. The fourth-order valence-corrected chi connectivity index (χ4v) is 4.13. The number of alkyl halides is 1. The van der Waals surface area contributed by atoms with E-state index in [0.717, 1.165) is 12.8 Å². The van der Waals surface area contributed by atoms with Gasteiger partial charge >= 0.3 is 0 Å². The molecule has 8 nitrogen and oxygen atoms in total. The predicted octanol–water partition coefficient (Wildman–Crippen LogP) is 4.18. The smallest absolute Gasteiger partial charge is 0.231 e. The molecular formula is C21H18ClF2N7O. The van der Waals surface area contributed by atoms with Crippen LogP contribution in [0.5, 0.6) is 0 Å². The van der Waals surface area contributed by atoms with Crippen LogP contribution in [-0.2, 0) is 4.79 Å². The summed E-state index contributed by atoms with van der Waals surface area (Å²) in [6, 6.07) is 0. The van der Waals surface area contributed by atoms with Crippen LogP contribution in [0.2, 0.25) is 5.02 Å². The minimum absolute atomic E-state index is 0.0552. The fourth-order valence-electron chi connectivity index (χ4n) is 3.84. The molecule has 3 N–H and O–H groups in total. The minimum atomic E-state index is -1.09. The molecule has 3 aromatic heterocycles. The Hall–Kier alpha value is -3.27. The molecule has 2 atom stereocenters. The molecule has 2 saturated carbocycles. The lowest BCUT2D eigenvalue weighted by molar-refractivity contribution is -0.117. The maximum absolute atomic E-state index is 15.2. The van der Waals surface area contributed by atoms with Gasteiger partial charge in [-0.25, -0.2) is 13.8 Å². The highest BCUT2D eigenvalue weighted by molar-refractivity contribution is 6.35. The Bertz CT molecular complexity index is 1380. The van der Waals surface area contributed by atoms with Gasteiger partial charge in [-0.1, -0.05) is 11.6 Å². The molecule has 3 heterocycles. The lowest BCUT2D eigenvalue weighted by Crippen LogP contribution is -2.15. The number of hydrogen-bond acceptors (Lipinski definition) is 5. The molecule has 0 spiro atoms. The van der Waals surface area contributed by atoms with Crippen molar-refractivity contribution < 1.29 is 13.6 Å². The van der Waals surface area contributed by atoms with Crippen LogP contribution in [0, 0.1) is 17.7 Å². The van der Waals surface area contributed by atoms with Crippen LogP contribution in [0.1, 0.15) is 19.3 Å². The summed E-state index contributed by atoms with van der Waals surface area (Å²) in [5.41, 5.74) is 2.12. The molecule has 6 rings (SSSR count). The Morgan fingerprint density at radius 2 is 2.12 bits per heavy atom. The lowest BCUT2D eigenvalue weighted by Gasteiger charge is -2.13. The van der Waals surface area contributed by atoms with Crippen LogP contribution in [-0.4, -0.2) is 43.2 Å². The van der Waals surface area contributed by atoms with Gasteiger partial charge in [0.1, 0.15) is 6.17 Å². The van der Waals surface area contributed by atoms with Crippen molar-refractivity contribution in [1.29, 1.82) is 0 Å². The monoisotopic (exact) mass is 457 g/mol. The molecule has 32 heavy (non-hydrogen) atoms. The third kappa shape index (κ3) is 3.26. The van der Waals surface area contributed by atoms with Crippen molar-refractivity contribution in [2.45, 2.75) is 25.4 Å². The van der Waals surface area contributed by atoms with Gasteiger partial charge in [0.25, 0.3) is 0 Å². The largest absolute Gasteiger partial charge is 0.381 e. The molecule has 0 radical (unpaired) electrons. The number of nitrogens with zero attached hydrogens (tertiary/aromatic N) is 4. The van der Waals surface area contributed by atoms with Gasteiger partial charge in [0.2, 0.25) is 5.91 Å². The second-order valence-electron chi connectivity index (χ2n) is 8.37. The summed E-state index contributed by atoms with van der Waals surface area (Å²) in [5.74, 6) is -0.727. The Kier molecular flexibility index (Phi) is 4.32. The average Bonchev–Trinajstić information content (AvgIpc) is 3.64. The first-order valence-corrected chi connectivity index (χ1v) is 10.8. The topological polar surface area (TPSA) is 100 Å². The van der Waals surface area contributed by atoms with Gasteiger partial charge in [-0.15, -0.1) is 0 Å². The highest BCUT2D eigenvalue weighted by atomic mass is 35.5. The number of H-pyrrole nitrogens is 1. The summed E-state index contributed by atoms with van der Waals surface area (Å²) in [4.78, 5) is 20.7. The van der Waals surface area contributed by atoms with E-state index in [4.69, 9.17) is 11.6 Å². The zero-order chi connectivity index (χ0) is 22.0. The number of anilines is 2. The van der Waals surface area contributed by atoms with E-state index < -0.39 is 23.8 Å². The summed E-state index contributed by atoms with van der Waals surface area (Å²) >= 11 is 6.47. The molecular weight excluding hydrogens is 440 g/mol. The number of halogens is 3. The van der Waals surface area contributed by atoms with Crippen LogP contribution < -0.4 is 10.6 Å². The van der Waals surface area contributed by atoms with Gasteiger partial charge < -0.3 is 15.0 Å². The summed E-state index contributed by atoms with van der Waals surface area (Å²) in [6.07, 6.45) is 7.76. The molecule has 2 fully saturated rings. The number of hydrogen-bond donors (Lipinski definition) is 3. The number of imidazole rings is 1. The first-order valence-electron chi connectivity index (χ1n) is 10.4. The van der Waals surface area contributed by atoms with E-state index in [0.29, 0.717) is 51.8 Å². The summed E-state index contributed by atoms with van der Waals surface area (Å²) in [7, 11) is 0. The molecule has 0 bridgehead atoms. The van der Waals surface area contributed by atoms with E-state index in [1.807, 2.05) is 0 Å². The van der Waals surface area contributed by atoms with Crippen LogP contribution in [0.4, 0.5) is 20.3 Å². The van der Waals surface area contributed by atoms with Crippen LogP contribution in [0.15, 0.2) is 24.8 Å². The van der Waals surface area contributed by atoms with E-state index in [2.05, 4.69) is 30.8 Å². The highest BCUT2D eigenvalue weighted by Gasteiger charge is 2.43. The minimum Gasteiger partial charge on any atom is -0.381 e. The molecule has 11 heteroatoms. The Balaban J connectivity index is 1.38. The quantitative estimate of drug-likeness (QED) is 0.403. The van der Waals surface area contributed by atoms with Gasteiger partial charge in [-0.3, -0.25) is 14.9 Å². The standard InChI is InChI=1S/C21H18ClF2N7O/c22-17-16(11-5-27-30-19(11)20(18(17)24)26-4-9-1-2-9)13-7-31-8-14(28-15(31)6-25-13)29-21(32)10-3-12(10)23/h5-10,12,26H,1-4H2,(H,27,30)(H,29,32)/t10-,12+/m1/s1. The van der Waals surface area contributed by atoms with Gasteiger partial charge in [-0.05, 0) is 25.2 Å². The number of carbonyl (C=O) groups is 1. The number of benzene rings is 1. The number of nitrogens with one attached hydrogen (secondary N) is 3. The van der Waals surface area contributed by atoms with Crippen LogP contribution in [0.3, 0.4) is 0 Å². The van der Waals surface area contributed by atoms with Crippen molar-refractivity contribution >= 4 is 45.6 Å². The lowest BCUT2D eigenvalue weighted by atomic mass is 10.1. The van der Waals surface area contributed by atoms with Crippen molar-refractivity contribution in [3.8, 4) is 11.3 Å². The third-order valence-electron chi connectivity index (χ3n) is 5.95.